The third-order valence-electron chi connectivity index (χ3n) is 3.07. The summed E-state index contributed by atoms with van der Waals surface area (Å²) >= 11 is 0. The lowest BCUT2D eigenvalue weighted by atomic mass is 10.0. The Kier molecular flexibility index (Phi) is 2.44. The van der Waals surface area contributed by atoms with Crippen LogP contribution in [0.3, 0.4) is 0 Å². The van der Waals surface area contributed by atoms with Crippen LogP contribution in [0, 0.1) is 5.82 Å². The highest BCUT2D eigenvalue weighted by Gasteiger charge is 2.25. The second kappa shape index (κ2) is 3.94. The Morgan fingerprint density at radius 3 is 2.94 bits per heavy atom. The molecule has 1 fully saturated rings. The topological polar surface area (TPSA) is 30.5 Å². The normalized spacial score (nSPS) is 23.4. The number of halogens is 1. The second-order valence-corrected chi connectivity index (χ2v) is 4.17. The van der Waals surface area contributed by atoms with Crippen LogP contribution in [0.1, 0.15) is 24.4 Å². The van der Waals surface area contributed by atoms with Crippen LogP contribution in [0.2, 0.25) is 0 Å². The highest BCUT2D eigenvalue weighted by Crippen LogP contribution is 2.40. The Labute approximate surface area is 93.6 Å². The van der Waals surface area contributed by atoms with E-state index in [1.807, 2.05) is 0 Å². The molecule has 3 nitrogen and oxygen atoms in total. The molecule has 2 aliphatic heterocycles. The van der Waals surface area contributed by atoms with Gasteiger partial charge in [-0.1, -0.05) is 0 Å². The summed E-state index contributed by atoms with van der Waals surface area (Å²) in [6, 6.07) is 3.15. The lowest BCUT2D eigenvalue weighted by molar-refractivity contribution is 0.168. The van der Waals surface area contributed by atoms with E-state index >= 15 is 0 Å². The quantitative estimate of drug-likeness (QED) is 0.790. The van der Waals surface area contributed by atoms with Crippen molar-refractivity contribution in [2.24, 2.45) is 0 Å². The standard InChI is InChI=1S/C12H14FNO2/c13-8-6-9(10-2-1-3-14-10)12-11(7-8)15-4-5-16-12/h6-7,10,14H,1-5H2/t10-/m0/s1. The molecule has 2 heterocycles. The summed E-state index contributed by atoms with van der Waals surface area (Å²) in [5.41, 5.74) is 0.896. The molecule has 1 aromatic carbocycles. The van der Waals surface area contributed by atoms with Crippen molar-refractivity contribution in [2.45, 2.75) is 18.9 Å². The van der Waals surface area contributed by atoms with E-state index in [2.05, 4.69) is 5.32 Å². The summed E-state index contributed by atoms with van der Waals surface area (Å²) in [6.45, 7) is 2.02. The van der Waals surface area contributed by atoms with Crippen molar-refractivity contribution < 1.29 is 13.9 Å². The fraction of sp³-hybridized carbons (Fsp3) is 0.500. The lowest BCUT2D eigenvalue weighted by Crippen LogP contribution is -2.20. The largest absolute Gasteiger partial charge is 0.486 e. The van der Waals surface area contributed by atoms with E-state index in [4.69, 9.17) is 9.47 Å². The van der Waals surface area contributed by atoms with Crippen LogP contribution in [0.25, 0.3) is 0 Å². The Bertz CT molecular complexity index is 402. The number of ether oxygens (including phenoxy) is 2. The van der Waals surface area contributed by atoms with Crippen molar-refractivity contribution >= 4 is 0 Å². The van der Waals surface area contributed by atoms with Gasteiger partial charge >= 0.3 is 0 Å². The zero-order valence-electron chi connectivity index (χ0n) is 8.96. The molecule has 1 aromatic rings. The minimum Gasteiger partial charge on any atom is -0.486 e. The molecule has 0 saturated carbocycles. The highest BCUT2D eigenvalue weighted by molar-refractivity contribution is 5.49. The van der Waals surface area contributed by atoms with Gasteiger partial charge in [0.2, 0.25) is 0 Å². The van der Waals surface area contributed by atoms with Gasteiger partial charge in [-0.15, -0.1) is 0 Å². The van der Waals surface area contributed by atoms with Crippen LogP contribution < -0.4 is 14.8 Å². The summed E-state index contributed by atoms with van der Waals surface area (Å²) in [5, 5.41) is 3.35. The smallest absolute Gasteiger partial charge is 0.166 e. The molecule has 0 radical (unpaired) electrons. The maximum atomic E-state index is 13.4. The highest BCUT2D eigenvalue weighted by atomic mass is 19.1. The summed E-state index contributed by atoms with van der Waals surface area (Å²) in [5.74, 6) is 0.995. The molecular weight excluding hydrogens is 209 g/mol. The molecule has 86 valence electrons. The average Bonchev–Trinajstić information content (AvgIpc) is 2.81. The van der Waals surface area contributed by atoms with Gasteiger partial charge in [-0.3, -0.25) is 0 Å². The maximum absolute atomic E-state index is 13.4. The maximum Gasteiger partial charge on any atom is 0.166 e. The van der Waals surface area contributed by atoms with Crippen molar-refractivity contribution in [1.29, 1.82) is 0 Å². The molecule has 4 heteroatoms. The van der Waals surface area contributed by atoms with E-state index in [1.54, 1.807) is 6.07 Å². The number of benzene rings is 1. The van der Waals surface area contributed by atoms with Crippen LogP contribution in [0.4, 0.5) is 4.39 Å². The molecule has 1 N–H and O–H groups in total. The van der Waals surface area contributed by atoms with Gasteiger partial charge in [0.05, 0.1) is 0 Å². The summed E-state index contributed by atoms with van der Waals surface area (Å²) in [4.78, 5) is 0. The van der Waals surface area contributed by atoms with Crippen LogP contribution in [0.5, 0.6) is 11.5 Å². The Balaban J connectivity index is 2.04. The first-order chi connectivity index (χ1) is 7.84. The van der Waals surface area contributed by atoms with Gasteiger partial charge in [0, 0.05) is 17.7 Å². The van der Waals surface area contributed by atoms with Crippen molar-refractivity contribution in [3.8, 4) is 11.5 Å². The molecule has 0 spiro atoms. The van der Waals surface area contributed by atoms with Crippen LogP contribution in [0.15, 0.2) is 12.1 Å². The van der Waals surface area contributed by atoms with E-state index in [9.17, 15) is 4.39 Å². The van der Waals surface area contributed by atoms with E-state index in [-0.39, 0.29) is 11.9 Å². The van der Waals surface area contributed by atoms with E-state index in [1.165, 1.54) is 6.07 Å². The first kappa shape index (κ1) is 9.90. The minimum atomic E-state index is -0.257. The molecule has 0 unspecified atom stereocenters. The first-order valence-electron chi connectivity index (χ1n) is 5.67. The number of rotatable bonds is 1. The summed E-state index contributed by atoms with van der Waals surface area (Å²) in [6.07, 6.45) is 2.15. The van der Waals surface area contributed by atoms with Crippen molar-refractivity contribution in [3.63, 3.8) is 0 Å². The molecule has 0 aromatic heterocycles. The van der Waals surface area contributed by atoms with Crippen molar-refractivity contribution in [3.05, 3.63) is 23.5 Å². The minimum absolute atomic E-state index is 0.200. The van der Waals surface area contributed by atoms with Crippen LogP contribution in [-0.2, 0) is 0 Å². The van der Waals surface area contributed by atoms with E-state index < -0.39 is 0 Å². The Morgan fingerprint density at radius 1 is 1.25 bits per heavy atom. The number of nitrogens with one attached hydrogen (secondary N) is 1. The van der Waals surface area contributed by atoms with E-state index in [0.717, 1.165) is 24.9 Å². The Morgan fingerprint density at radius 2 is 2.12 bits per heavy atom. The monoisotopic (exact) mass is 223 g/mol. The zero-order valence-corrected chi connectivity index (χ0v) is 8.96. The predicted molar refractivity (Wildman–Crippen MR) is 57.4 cm³/mol. The molecule has 0 bridgehead atoms. The molecule has 16 heavy (non-hydrogen) atoms. The van der Waals surface area contributed by atoms with Gasteiger partial charge in [0.1, 0.15) is 19.0 Å². The van der Waals surface area contributed by atoms with Gasteiger partial charge < -0.3 is 14.8 Å². The second-order valence-electron chi connectivity index (χ2n) is 4.17. The molecule has 0 amide bonds. The number of hydrogen-bond acceptors (Lipinski definition) is 3. The summed E-state index contributed by atoms with van der Waals surface area (Å²) in [7, 11) is 0. The van der Waals surface area contributed by atoms with Gasteiger partial charge in [0.15, 0.2) is 11.5 Å². The molecule has 1 saturated heterocycles. The number of hydrogen-bond donors (Lipinski definition) is 1. The molecule has 2 aliphatic rings. The van der Waals surface area contributed by atoms with Gasteiger partial charge in [-0.05, 0) is 25.5 Å². The molecule has 0 aliphatic carbocycles. The van der Waals surface area contributed by atoms with E-state index in [0.29, 0.717) is 24.7 Å². The lowest BCUT2D eigenvalue weighted by Gasteiger charge is -2.23. The zero-order chi connectivity index (χ0) is 11.0. The van der Waals surface area contributed by atoms with Gasteiger partial charge in [-0.2, -0.15) is 0 Å². The number of fused-ring (bicyclic) bond motifs is 1. The van der Waals surface area contributed by atoms with Crippen molar-refractivity contribution in [1.82, 2.24) is 5.32 Å². The third-order valence-corrected chi connectivity index (χ3v) is 3.07. The predicted octanol–water partition coefficient (Wildman–Crippen LogP) is 2.02. The van der Waals surface area contributed by atoms with Crippen molar-refractivity contribution in [2.75, 3.05) is 19.8 Å². The molecular formula is C12H14FNO2. The summed E-state index contributed by atoms with van der Waals surface area (Å²) < 4.78 is 24.4. The molecule has 3 rings (SSSR count). The van der Waals surface area contributed by atoms with Gasteiger partial charge in [0.25, 0.3) is 0 Å². The van der Waals surface area contributed by atoms with Crippen LogP contribution >= 0.6 is 0 Å². The Hall–Kier alpha value is -1.29. The first-order valence-corrected chi connectivity index (χ1v) is 5.67. The average molecular weight is 223 g/mol. The molecule has 1 atom stereocenters. The SMILES string of the molecule is Fc1cc2c(c([C@@H]3CCCN3)c1)OCCO2. The fourth-order valence-electron chi connectivity index (χ4n) is 2.35. The van der Waals surface area contributed by atoms with Gasteiger partial charge in [-0.25, -0.2) is 4.39 Å². The van der Waals surface area contributed by atoms with Crippen LogP contribution in [-0.4, -0.2) is 19.8 Å². The third kappa shape index (κ3) is 1.63. The fourth-order valence-corrected chi connectivity index (χ4v) is 2.35.